The van der Waals surface area contributed by atoms with Gasteiger partial charge < -0.3 is 10.1 Å². The zero-order chi connectivity index (χ0) is 18.4. The summed E-state index contributed by atoms with van der Waals surface area (Å²) in [5.41, 5.74) is 0. The number of carbonyl (C=O) groups excluding carboxylic acids is 1. The second-order valence-corrected chi connectivity index (χ2v) is 8.69. The van der Waals surface area contributed by atoms with E-state index in [-0.39, 0.29) is 18.6 Å². The van der Waals surface area contributed by atoms with Crippen molar-refractivity contribution in [3.05, 3.63) is 51.1 Å². The SMILES string of the molecule is CC1CCN([C@H](CNC(=O)COc2ccc(Br)cc2)c2cccs2)CC1. The van der Waals surface area contributed by atoms with Crippen LogP contribution in [0.25, 0.3) is 0 Å². The molecule has 0 saturated carbocycles. The van der Waals surface area contributed by atoms with E-state index in [2.05, 4.69) is 50.6 Å². The molecule has 26 heavy (non-hydrogen) atoms. The molecule has 0 bridgehead atoms. The lowest BCUT2D eigenvalue weighted by Gasteiger charge is -2.36. The monoisotopic (exact) mass is 436 g/mol. The van der Waals surface area contributed by atoms with Crippen molar-refractivity contribution in [3.8, 4) is 5.75 Å². The molecule has 1 atom stereocenters. The Hall–Kier alpha value is -1.37. The summed E-state index contributed by atoms with van der Waals surface area (Å²) in [6.45, 7) is 5.16. The summed E-state index contributed by atoms with van der Waals surface area (Å²) in [7, 11) is 0. The van der Waals surface area contributed by atoms with Crippen LogP contribution in [-0.2, 0) is 4.79 Å². The number of piperidine rings is 1. The van der Waals surface area contributed by atoms with Crippen LogP contribution in [-0.4, -0.2) is 37.0 Å². The summed E-state index contributed by atoms with van der Waals surface area (Å²) in [6, 6.07) is 12.0. The minimum atomic E-state index is -0.0835. The maximum absolute atomic E-state index is 12.2. The summed E-state index contributed by atoms with van der Waals surface area (Å²) in [5.74, 6) is 1.41. The fraction of sp³-hybridized carbons (Fsp3) is 0.450. The van der Waals surface area contributed by atoms with Gasteiger partial charge in [-0.3, -0.25) is 9.69 Å². The molecule has 4 nitrogen and oxygen atoms in total. The highest BCUT2D eigenvalue weighted by Crippen LogP contribution is 2.29. The second kappa shape index (κ2) is 9.53. The van der Waals surface area contributed by atoms with Crippen LogP contribution in [0.1, 0.15) is 30.7 Å². The third-order valence-electron chi connectivity index (χ3n) is 4.81. The number of amides is 1. The highest BCUT2D eigenvalue weighted by molar-refractivity contribution is 9.10. The molecule has 0 unspecified atom stereocenters. The van der Waals surface area contributed by atoms with Crippen molar-refractivity contribution in [1.29, 1.82) is 0 Å². The lowest BCUT2D eigenvalue weighted by molar-refractivity contribution is -0.123. The smallest absolute Gasteiger partial charge is 0.258 e. The van der Waals surface area contributed by atoms with E-state index < -0.39 is 0 Å². The van der Waals surface area contributed by atoms with Gasteiger partial charge in [-0.25, -0.2) is 0 Å². The van der Waals surface area contributed by atoms with Crippen molar-refractivity contribution in [2.75, 3.05) is 26.2 Å². The van der Waals surface area contributed by atoms with Crippen LogP contribution in [0.4, 0.5) is 0 Å². The number of thiophene rings is 1. The zero-order valence-corrected chi connectivity index (χ0v) is 17.4. The number of ether oxygens (including phenoxy) is 1. The van der Waals surface area contributed by atoms with Crippen LogP contribution in [0.2, 0.25) is 0 Å². The number of nitrogens with zero attached hydrogens (tertiary/aromatic N) is 1. The first kappa shape index (κ1) is 19.4. The predicted molar refractivity (Wildman–Crippen MR) is 110 cm³/mol. The van der Waals surface area contributed by atoms with Crippen molar-refractivity contribution >= 4 is 33.2 Å². The molecule has 0 spiro atoms. The first-order valence-electron chi connectivity index (χ1n) is 9.04. The maximum atomic E-state index is 12.2. The Kier molecular flexibility index (Phi) is 7.11. The van der Waals surface area contributed by atoms with Crippen LogP contribution in [0.3, 0.4) is 0 Å². The van der Waals surface area contributed by atoms with Gasteiger partial charge in [-0.15, -0.1) is 11.3 Å². The van der Waals surface area contributed by atoms with E-state index >= 15 is 0 Å². The zero-order valence-electron chi connectivity index (χ0n) is 15.0. The van der Waals surface area contributed by atoms with Gasteiger partial charge in [-0.2, -0.15) is 0 Å². The summed E-state index contributed by atoms with van der Waals surface area (Å²) in [4.78, 5) is 16.0. The molecule has 2 heterocycles. The summed E-state index contributed by atoms with van der Waals surface area (Å²) < 4.78 is 6.55. The predicted octanol–water partition coefficient (Wildman–Crippen LogP) is 4.48. The molecular weight excluding hydrogens is 412 g/mol. The number of benzene rings is 1. The van der Waals surface area contributed by atoms with E-state index in [4.69, 9.17) is 4.74 Å². The summed E-state index contributed by atoms with van der Waals surface area (Å²) >= 11 is 5.15. The van der Waals surface area contributed by atoms with E-state index in [0.29, 0.717) is 12.3 Å². The minimum Gasteiger partial charge on any atom is -0.484 e. The first-order valence-corrected chi connectivity index (χ1v) is 10.7. The Balaban J connectivity index is 1.52. The van der Waals surface area contributed by atoms with Gasteiger partial charge in [0.05, 0.1) is 6.04 Å². The average Bonchev–Trinajstić information content (AvgIpc) is 3.17. The largest absolute Gasteiger partial charge is 0.484 e. The third-order valence-corrected chi connectivity index (χ3v) is 6.31. The van der Waals surface area contributed by atoms with Gasteiger partial charge in [0.15, 0.2) is 6.61 Å². The van der Waals surface area contributed by atoms with Crippen LogP contribution >= 0.6 is 27.3 Å². The van der Waals surface area contributed by atoms with Gasteiger partial charge >= 0.3 is 0 Å². The number of hydrogen-bond donors (Lipinski definition) is 1. The van der Waals surface area contributed by atoms with Crippen molar-refractivity contribution in [1.82, 2.24) is 10.2 Å². The molecule has 0 aliphatic carbocycles. The number of likely N-dealkylation sites (tertiary alicyclic amines) is 1. The van der Waals surface area contributed by atoms with Crippen molar-refractivity contribution in [3.63, 3.8) is 0 Å². The quantitative estimate of drug-likeness (QED) is 0.695. The molecule has 6 heteroatoms. The lowest BCUT2D eigenvalue weighted by Crippen LogP contribution is -2.42. The minimum absolute atomic E-state index is 0.0375. The fourth-order valence-corrected chi connectivity index (χ4v) is 4.30. The molecule has 1 amide bonds. The average molecular weight is 437 g/mol. The maximum Gasteiger partial charge on any atom is 0.258 e. The molecule has 1 aliphatic heterocycles. The third kappa shape index (κ3) is 5.56. The Bertz CT molecular complexity index is 682. The number of carbonyl (C=O) groups is 1. The molecule has 140 valence electrons. The van der Waals surface area contributed by atoms with E-state index in [1.54, 1.807) is 11.3 Å². The molecular formula is C20H25BrN2O2S. The van der Waals surface area contributed by atoms with Gasteiger partial charge in [0.1, 0.15) is 5.75 Å². The molecule has 0 radical (unpaired) electrons. The summed E-state index contributed by atoms with van der Waals surface area (Å²) in [5, 5.41) is 5.16. The van der Waals surface area contributed by atoms with Crippen LogP contribution in [0.15, 0.2) is 46.3 Å². The van der Waals surface area contributed by atoms with Gasteiger partial charge in [-0.1, -0.05) is 28.9 Å². The molecule has 1 fully saturated rings. The molecule has 1 aromatic heterocycles. The number of nitrogens with one attached hydrogen (secondary N) is 1. The number of halogens is 1. The molecule has 1 saturated heterocycles. The van der Waals surface area contributed by atoms with Gasteiger partial charge in [-0.05, 0) is 67.6 Å². The highest BCUT2D eigenvalue weighted by Gasteiger charge is 2.25. The lowest BCUT2D eigenvalue weighted by atomic mass is 9.97. The van der Waals surface area contributed by atoms with Gasteiger partial charge in [0, 0.05) is 15.9 Å². The topological polar surface area (TPSA) is 41.6 Å². The van der Waals surface area contributed by atoms with Crippen molar-refractivity contribution in [2.24, 2.45) is 5.92 Å². The van der Waals surface area contributed by atoms with Crippen LogP contribution < -0.4 is 10.1 Å². The second-order valence-electron chi connectivity index (χ2n) is 6.80. The van der Waals surface area contributed by atoms with Crippen molar-refractivity contribution in [2.45, 2.75) is 25.8 Å². The van der Waals surface area contributed by atoms with E-state index in [0.717, 1.165) is 23.5 Å². The molecule has 2 aromatic rings. The van der Waals surface area contributed by atoms with E-state index in [9.17, 15) is 4.79 Å². The van der Waals surface area contributed by atoms with Crippen LogP contribution in [0.5, 0.6) is 5.75 Å². The first-order chi connectivity index (χ1) is 12.6. The van der Waals surface area contributed by atoms with E-state index in [1.165, 1.54) is 17.7 Å². The normalized spacial score (nSPS) is 17.0. The van der Waals surface area contributed by atoms with Gasteiger partial charge in [0.25, 0.3) is 5.91 Å². The summed E-state index contributed by atoms with van der Waals surface area (Å²) in [6.07, 6.45) is 2.45. The molecule has 1 N–H and O–H groups in total. The van der Waals surface area contributed by atoms with Gasteiger partial charge in [0.2, 0.25) is 0 Å². The Morgan fingerprint density at radius 2 is 2.04 bits per heavy atom. The Morgan fingerprint density at radius 3 is 2.69 bits per heavy atom. The van der Waals surface area contributed by atoms with E-state index in [1.807, 2.05) is 24.3 Å². The van der Waals surface area contributed by atoms with Crippen molar-refractivity contribution < 1.29 is 9.53 Å². The standard InChI is InChI=1S/C20H25BrN2O2S/c1-15-8-10-23(11-9-15)18(19-3-2-12-26-19)13-22-20(24)14-25-17-6-4-16(21)5-7-17/h2-7,12,15,18H,8-11,13-14H2,1H3,(H,22,24)/t18-/m1/s1. The molecule has 3 rings (SSSR count). The molecule has 1 aromatic carbocycles. The van der Waals surface area contributed by atoms with Crippen LogP contribution in [0, 0.1) is 5.92 Å². The highest BCUT2D eigenvalue weighted by atomic mass is 79.9. The Morgan fingerprint density at radius 1 is 1.31 bits per heavy atom. The molecule has 1 aliphatic rings. The number of rotatable bonds is 7. The fourth-order valence-electron chi connectivity index (χ4n) is 3.17. The number of hydrogen-bond acceptors (Lipinski definition) is 4. The Labute approximate surface area is 167 Å².